The van der Waals surface area contributed by atoms with Crippen LogP contribution in [0.2, 0.25) is 0 Å². The minimum absolute atomic E-state index is 0.126. The molecule has 0 aliphatic carbocycles. The summed E-state index contributed by atoms with van der Waals surface area (Å²) in [4.78, 5) is 31.7. The van der Waals surface area contributed by atoms with Crippen LogP contribution in [0.3, 0.4) is 0 Å². The fourth-order valence-electron chi connectivity index (χ4n) is 5.75. The predicted molar refractivity (Wildman–Crippen MR) is 130 cm³/mol. The zero-order chi connectivity index (χ0) is 26.1. The Bertz CT molecular complexity index is 1470. The minimum atomic E-state index is -4.69. The van der Waals surface area contributed by atoms with Crippen LogP contribution in [0.4, 0.5) is 27.8 Å². The molecule has 4 heterocycles. The zero-order valence-electron chi connectivity index (χ0n) is 19.5. The van der Waals surface area contributed by atoms with E-state index in [9.17, 15) is 31.5 Å². The Morgan fingerprint density at radius 1 is 1.00 bits per heavy atom. The van der Waals surface area contributed by atoms with Crippen molar-refractivity contribution in [2.75, 3.05) is 23.7 Å². The van der Waals surface area contributed by atoms with E-state index in [4.69, 9.17) is 0 Å². The number of aromatic nitrogens is 2. The number of alkyl halides is 3. The maximum Gasteiger partial charge on any atom is 0.416 e. The molecule has 37 heavy (non-hydrogen) atoms. The summed E-state index contributed by atoms with van der Waals surface area (Å²) in [6.45, 7) is 0.866. The Morgan fingerprint density at radius 2 is 1.73 bits per heavy atom. The first-order valence-corrected chi connectivity index (χ1v) is 13.5. The fraction of sp³-hybridized carbons (Fsp3) is 0.400. The highest BCUT2D eigenvalue weighted by Gasteiger charge is 2.38. The van der Waals surface area contributed by atoms with Gasteiger partial charge in [0.25, 0.3) is 0 Å². The number of fused-ring (bicyclic) bond motifs is 2. The molecule has 0 radical (unpaired) electrons. The summed E-state index contributed by atoms with van der Waals surface area (Å²) < 4.78 is 72.3. The lowest BCUT2D eigenvalue weighted by molar-refractivity contribution is -0.137. The van der Waals surface area contributed by atoms with E-state index in [1.54, 1.807) is 4.90 Å². The van der Waals surface area contributed by atoms with E-state index in [0.717, 1.165) is 24.3 Å². The molecule has 2 aromatic carbocycles. The SMILES string of the molecule is O=C1CC2CN(c3nc(=O)n4c5c(cc(C(F)(F)F)cc35)[SH](c3ccc(F)cc3F)CCC4)CC(C1)N2. The van der Waals surface area contributed by atoms with Gasteiger partial charge in [-0.3, -0.25) is 9.36 Å². The van der Waals surface area contributed by atoms with Crippen LogP contribution in [0.25, 0.3) is 10.9 Å². The van der Waals surface area contributed by atoms with Gasteiger partial charge in [-0.1, -0.05) is 0 Å². The lowest BCUT2D eigenvalue weighted by Gasteiger charge is -2.42. The zero-order valence-corrected chi connectivity index (χ0v) is 20.4. The highest BCUT2D eigenvalue weighted by atomic mass is 32.2. The van der Waals surface area contributed by atoms with Crippen molar-refractivity contribution in [1.29, 1.82) is 0 Å². The predicted octanol–water partition coefficient (Wildman–Crippen LogP) is 4.03. The summed E-state index contributed by atoms with van der Waals surface area (Å²) >= 11 is 0. The number of thiol groups is 1. The van der Waals surface area contributed by atoms with E-state index in [1.165, 1.54) is 10.6 Å². The first-order valence-electron chi connectivity index (χ1n) is 12.0. The maximum atomic E-state index is 14.9. The number of nitrogens with one attached hydrogen (secondary N) is 1. The Balaban J connectivity index is 1.60. The number of carbonyl (C=O) groups excluding carboxylic acids is 1. The minimum Gasteiger partial charge on any atom is -0.353 e. The number of piperazine rings is 1. The molecule has 196 valence electrons. The summed E-state index contributed by atoms with van der Waals surface area (Å²) in [5, 5.41) is 3.53. The van der Waals surface area contributed by atoms with E-state index in [2.05, 4.69) is 10.3 Å². The van der Waals surface area contributed by atoms with E-state index >= 15 is 0 Å². The molecule has 6 rings (SSSR count). The number of halogens is 5. The van der Waals surface area contributed by atoms with Crippen LogP contribution in [-0.4, -0.2) is 46.3 Å². The smallest absolute Gasteiger partial charge is 0.353 e. The largest absolute Gasteiger partial charge is 0.416 e. The van der Waals surface area contributed by atoms with Crippen LogP contribution in [0.15, 0.2) is 44.9 Å². The van der Waals surface area contributed by atoms with Crippen LogP contribution in [0.1, 0.15) is 24.8 Å². The van der Waals surface area contributed by atoms with Gasteiger partial charge < -0.3 is 10.2 Å². The van der Waals surface area contributed by atoms with Crippen molar-refractivity contribution in [3.63, 3.8) is 0 Å². The Kier molecular flexibility index (Phi) is 5.79. The van der Waals surface area contributed by atoms with Crippen LogP contribution in [0, 0.1) is 11.6 Å². The van der Waals surface area contributed by atoms with Crippen LogP contribution in [-0.2, 0) is 17.5 Å². The van der Waals surface area contributed by atoms with Gasteiger partial charge in [0, 0.05) is 65.8 Å². The molecule has 3 unspecified atom stereocenters. The number of anilines is 1. The first-order chi connectivity index (χ1) is 17.6. The number of nitrogens with zero attached hydrogens (tertiary/aromatic N) is 3. The molecule has 6 nitrogen and oxygen atoms in total. The number of piperidine rings is 1. The van der Waals surface area contributed by atoms with Gasteiger partial charge in [-0.2, -0.15) is 29.1 Å². The van der Waals surface area contributed by atoms with E-state index in [0.29, 0.717) is 43.6 Å². The number of hydrogen-bond donors (Lipinski definition) is 2. The summed E-state index contributed by atoms with van der Waals surface area (Å²) in [7, 11) is -1.66. The summed E-state index contributed by atoms with van der Waals surface area (Å²) in [6.07, 6.45) is -3.66. The average molecular weight is 539 g/mol. The van der Waals surface area contributed by atoms with Gasteiger partial charge in [0.1, 0.15) is 23.2 Å². The molecule has 0 amide bonds. The summed E-state index contributed by atoms with van der Waals surface area (Å²) in [5.74, 6) is -0.982. The fourth-order valence-corrected chi connectivity index (χ4v) is 8.32. The van der Waals surface area contributed by atoms with Gasteiger partial charge in [0.05, 0.1) is 11.1 Å². The van der Waals surface area contributed by atoms with Gasteiger partial charge in [0.15, 0.2) is 0 Å². The summed E-state index contributed by atoms with van der Waals surface area (Å²) in [5.41, 5.74) is -1.18. The molecule has 2 saturated heterocycles. The Hall–Kier alpha value is -2.99. The number of carbonyl (C=O) groups is 1. The molecule has 12 heteroatoms. The molecule has 3 aromatic rings. The second-order valence-corrected chi connectivity index (χ2v) is 12.0. The van der Waals surface area contributed by atoms with Gasteiger partial charge in [-0.25, -0.2) is 13.6 Å². The first kappa shape index (κ1) is 24.4. The third kappa shape index (κ3) is 4.29. The molecule has 1 aromatic heterocycles. The van der Waals surface area contributed by atoms with E-state index in [-0.39, 0.29) is 45.4 Å². The average Bonchev–Trinajstić information content (AvgIpc) is 3.00. The Morgan fingerprint density at radius 3 is 2.41 bits per heavy atom. The molecule has 3 atom stereocenters. The van der Waals surface area contributed by atoms with E-state index in [1.807, 2.05) is 0 Å². The molecule has 3 aliphatic rings. The highest BCUT2D eigenvalue weighted by molar-refractivity contribution is 8.17. The number of Topliss-reactive ketones (excluding diaryl/α,β-unsaturated/α-hetero) is 1. The highest BCUT2D eigenvalue weighted by Crippen LogP contribution is 2.52. The number of rotatable bonds is 2. The summed E-state index contributed by atoms with van der Waals surface area (Å²) in [6, 6.07) is 4.76. The standard InChI is InChI=1S/C25H23F5N4O2S/c26-14-2-3-20(19(27)8-14)37-5-1-4-34-22-18(6-13(7-21(22)37)25(28,29)30)23(32-24(34)36)33-11-15-9-17(35)10-16(12-33)31-15/h2-3,6-8,15-16,31,37H,1,4-5,9-12H2. The van der Waals surface area contributed by atoms with Crippen LogP contribution < -0.4 is 15.9 Å². The van der Waals surface area contributed by atoms with Crippen molar-refractivity contribution >= 4 is 33.4 Å². The van der Waals surface area contributed by atoms with Crippen molar-refractivity contribution in [3.05, 3.63) is 58.0 Å². The molecule has 1 N–H and O–H groups in total. The number of ketones is 1. The second kappa shape index (κ2) is 8.80. The maximum absolute atomic E-state index is 14.9. The topological polar surface area (TPSA) is 67.2 Å². The molecule has 2 bridgehead atoms. The second-order valence-electron chi connectivity index (χ2n) is 9.77. The van der Waals surface area contributed by atoms with Crippen molar-refractivity contribution in [3.8, 4) is 0 Å². The number of aryl methyl sites for hydroxylation is 1. The number of benzene rings is 2. The van der Waals surface area contributed by atoms with Crippen LogP contribution in [0.5, 0.6) is 0 Å². The van der Waals surface area contributed by atoms with Gasteiger partial charge in [-0.05, 0) is 36.4 Å². The molecule has 0 spiro atoms. The monoisotopic (exact) mass is 538 g/mol. The third-order valence-corrected chi connectivity index (χ3v) is 9.85. The van der Waals surface area contributed by atoms with Crippen molar-refractivity contribution in [2.24, 2.45) is 0 Å². The van der Waals surface area contributed by atoms with Gasteiger partial charge in [0.2, 0.25) is 0 Å². The van der Waals surface area contributed by atoms with Crippen molar-refractivity contribution in [2.45, 2.75) is 53.9 Å². The van der Waals surface area contributed by atoms with Crippen molar-refractivity contribution < 1.29 is 26.7 Å². The molecular formula is C25H23F5N4O2S. The van der Waals surface area contributed by atoms with Gasteiger partial charge in [-0.15, -0.1) is 0 Å². The van der Waals surface area contributed by atoms with Crippen molar-refractivity contribution in [1.82, 2.24) is 14.9 Å². The number of hydrogen-bond acceptors (Lipinski definition) is 5. The quantitative estimate of drug-likeness (QED) is 0.381. The lowest BCUT2D eigenvalue weighted by atomic mass is 9.93. The van der Waals surface area contributed by atoms with Crippen LogP contribution >= 0.6 is 10.9 Å². The van der Waals surface area contributed by atoms with Gasteiger partial charge >= 0.3 is 11.9 Å². The lowest BCUT2D eigenvalue weighted by Crippen LogP contribution is -2.61. The molecule has 3 aliphatic heterocycles. The van der Waals surface area contributed by atoms with E-state index < -0.39 is 40.0 Å². The molecule has 2 fully saturated rings. The third-order valence-electron chi connectivity index (χ3n) is 7.22. The molecular weight excluding hydrogens is 515 g/mol. The normalized spacial score (nSPS) is 24.8. The molecule has 0 saturated carbocycles. The Labute approximate surface area is 210 Å².